The van der Waals surface area contributed by atoms with Crippen LogP contribution in [0.2, 0.25) is 10.0 Å². The molecular formula is C28H30Cl2N4O5S2. The average molecular weight is 638 g/mol. The van der Waals surface area contributed by atoms with Crippen LogP contribution < -0.4 is 10.0 Å². The Labute approximate surface area is 252 Å². The predicted octanol–water partition coefficient (Wildman–Crippen LogP) is 4.14. The molecule has 2 aliphatic rings. The van der Waals surface area contributed by atoms with Gasteiger partial charge < -0.3 is 15.1 Å². The molecule has 3 heterocycles. The third-order valence-electron chi connectivity index (χ3n) is 7.48. The minimum atomic E-state index is -4.03. The summed E-state index contributed by atoms with van der Waals surface area (Å²) in [6, 6.07) is 12.4. The van der Waals surface area contributed by atoms with Crippen molar-refractivity contribution in [2.24, 2.45) is 5.41 Å². The number of hydrogen-bond acceptors (Lipinski definition) is 6. The van der Waals surface area contributed by atoms with Crippen molar-refractivity contribution < 1.29 is 22.8 Å². The number of amides is 3. The van der Waals surface area contributed by atoms with E-state index in [0.717, 1.165) is 10.1 Å². The second-order valence-electron chi connectivity index (χ2n) is 11.4. The molecule has 0 saturated carbocycles. The molecule has 2 aliphatic heterocycles. The van der Waals surface area contributed by atoms with Crippen LogP contribution in [0.4, 0.5) is 0 Å². The summed E-state index contributed by atoms with van der Waals surface area (Å²) >= 11 is 13.3. The minimum Gasteiger partial charge on any atom is -0.339 e. The molecule has 1 aromatic heterocycles. The number of fused-ring (bicyclic) bond motifs is 3. The Bertz CT molecular complexity index is 1600. The molecule has 2 bridgehead atoms. The van der Waals surface area contributed by atoms with Crippen molar-refractivity contribution in [2.75, 3.05) is 19.6 Å². The van der Waals surface area contributed by atoms with E-state index in [1.807, 2.05) is 51.1 Å². The van der Waals surface area contributed by atoms with Crippen LogP contribution in [-0.2, 0) is 19.6 Å². The molecule has 13 heteroatoms. The van der Waals surface area contributed by atoms with Crippen molar-refractivity contribution in [3.8, 4) is 0 Å². The fourth-order valence-corrected chi connectivity index (χ4v) is 8.09. The molecule has 218 valence electrons. The topological polar surface area (TPSA) is 116 Å². The van der Waals surface area contributed by atoms with Gasteiger partial charge in [0.2, 0.25) is 21.8 Å². The number of benzene rings is 2. The van der Waals surface area contributed by atoms with Crippen molar-refractivity contribution >= 4 is 72.4 Å². The smallest absolute Gasteiger partial charge is 0.262 e. The van der Waals surface area contributed by atoms with E-state index < -0.39 is 28.0 Å². The van der Waals surface area contributed by atoms with Gasteiger partial charge in [-0.2, -0.15) is 0 Å². The summed E-state index contributed by atoms with van der Waals surface area (Å²) in [5.41, 5.74) is -0.554. The molecule has 0 spiro atoms. The minimum absolute atomic E-state index is 0.0420. The van der Waals surface area contributed by atoms with E-state index in [9.17, 15) is 22.8 Å². The summed E-state index contributed by atoms with van der Waals surface area (Å²) in [6.07, 6.45) is 0.592. The second-order valence-corrected chi connectivity index (χ2v) is 15.1. The number of thiophene rings is 1. The number of hydrogen-bond donors (Lipinski definition) is 2. The van der Waals surface area contributed by atoms with E-state index in [1.165, 1.54) is 29.5 Å². The van der Waals surface area contributed by atoms with Gasteiger partial charge in [-0.05, 0) is 47.6 Å². The van der Waals surface area contributed by atoms with Gasteiger partial charge in [0.25, 0.3) is 5.91 Å². The quantitative estimate of drug-likeness (QED) is 0.404. The molecule has 9 nitrogen and oxygen atoms in total. The molecule has 3 amide bonds. The number of nitrogens with one attached hydrogen (secondary N) is 2. The Morgan fingerprint density at radius 1 is 1.02 bits per heavy atom. The largest absolute Gasteiger partial charge is 0.339 e. The number of nitrogens with zero attached hydrogens (tertiary/aromatic N) is 2. The van der Waals surface area contributed by atoms with Crippen molar-refractivity contribution in [3.05, 3.63) is 63.5 Å². The van der Waals surface area contributed by atoms with Crippen LogP contribution in [0.1, 0.15) is 36.9 Å². The fourth-order valence-electron chi connectivity index (χ4n) is 5.38. The van der Waals surface area contributed by atoms with Gasteiger partial charge in [0.15, 0.2) is 0 Å². The first-order valence-corrected chi connectivity index (χ1v) is 16.1. The maximum absolute atomic E-state index is 13.8. The average Bonchev–Trinajstić information content (AvgIpc) is 3.63. The molecule has 2 N–H and O–H groups in total. The summed E-state index contributed by atoms with van der Waals surface area (Å²) in [4.78, 5) is 43.7. The summed E-state index contributed by atoms with van der Waals surface area (Å²) in [7, 11) is -4.03. The highest BCUT2D eigenvalue weighted by Crippen LogP contribution is 2.34. The van der Waals surface area contributed by atoms with Crippen LogP contribution in [0.5, 0.6) is 0 Å². The lowest BCUT2D eigenvalue weighted by atomic mass is 9.85. The van der Waals surface area contributed by atoms with E-state index in [0.29, 0.717) is 29.4 Å². The molecule has 1 unspecified atom stereocenters. The number of carbonyl (C=O) groups is 3. The monoisotopic (exact) mass is 636 g/mol. The van der Waals surface area contributed by atoms with Crippen LogP contribution in [0.25, 0.3) is 10.1 Å². The Kier molecular flexibility index (Phi) is 8.12. The Morgan fingerprint density at radius 3 is 2.34 bits per heavy atom. The molecular weight excluding hydrogens is 607 g/mol. The van der Waals surface area contributed by atoms with E-state index >= 15 is 0 Å². The first-order valence-electron chi connectivity index (χ1n) is 13.1. The third kappa shape index (κ3) is 6.10. The maximum atomic E-state index is 13.8. The van der Waals surface area contributed by atoms with Crippen LogP contribution in [-0.4, -0.2) is 73.7 Å². The van der Waals surface area contributed by atoms with Gasteiger partial charge in [-0.15, -0.1) is 11.3 Å². The molecule has 2 saturated heterocycles. The fraction of sp³-hybridized carbons (Fsp3) is 0.393. The van der Waals surface area contributed by atoms with Crippen LogP contribution in [0.3, 0.4) is 0 Å². The van der Waals surface area contributed by atoms with Gasteiger partial charge in [-0.3, -0.25) is 14.4 Å². The van der Waals surface area contributed by atoms with Gasteiger partial charge >= 0.3 is 0 Å². The highest BCUT2D eigenvalue weighted by Gasteiger charge is 2.49. The van der Waals surface area contributed by atoms with Gasteiger partial charge in [0.1, 0.15) is 10.9 Å². The lowest BCUT2D eigenvalue weighted by Gasteiger charge is -2.39. The Hall–Kier alpha value is -2.70. The molecule has 0 aliphatic carbocycles. The standard InChI is InChI=1S/C28H30Cl2N4O5S2/c1-28(2,3)25(32-26(36)22-10-16-6-4-5-7-21(16)40-22)27(37)34-15-18-12-19(34)14-33(18)24(35)13-31-41(38,39)23-9-8-17(29)11-20(23)30/h4-11,18-19,25,31H,12-15H2,1-3H3,(H,32,36)/t18-,19-,25?/m0/s1. The number of rotatable bonds is 7. The lowest BCUT2D eigenvalue weighted by Crippen LogP contribution is -2.59. The van der Waals surface area contributed by atoms with Crippen LogP contribution >= 0.6 is 34.5 Å². The van der Waals surface area contributed by atoms with E-state index in [2.05, 4.69) is 10.0 Å². The molecule has 3 atom stereocenters. The maximum Gasteiger partial charge on any atom is 0.262 e. The SMILES string of the molecule is CC(C)(C)C(NC(=O)c1cc2ccccc2s1)C(=O)N1C[C@@H]2C[C@H]1CN2C(=O)CNS(=O)(=O)c1ccc(Cl)cc1Cl. The first-order chi connectivity index (χ1) is 19.2. The summed E-state index contributed by atoms with van der Waals surface area (Å²) in [6.45, 7) is 5.89. The molecule has 2 aromatic carbocycles. The number of piperazine rings is 1. The molecule has 3 aromatic rings. The normalized spacial score (nSPS) is 19.5. The van der Waals surface area contributed by atoms with E-state index in [4.69, 9.17) is 23.2 Å². The first kappa shape index (κ1) is 29.8. The molecule has 5 rings (SSSR count). The molecule has 41 heavy (non-hydrogen) atoms. The van der Waals surface area contributed by atoms with Gasteiger partial charge in [-0.25, -0.2) is 13.1 Å². The van der Waals surface area contributed by atoms with Crippen LogP contribution in [0, 0.1) is 5.41 Å². The van der Waals surface area contributed by atoms with Crippen molar-refractivity contribution in [1.29, 1.82) is 0 Å². The predicted molar refractivity (Wildman–Crippen MR) is 160 cm³/mol. The van der Waals surface area contributed by atoms with Crippen molar-refractivity contribution in [3.63, 3.8) is 0 Å². The number of sulfonamides is 1. The van der Waals surface area contributed by atoms with E-state index in [-0.39, 0.29) is 39.7 Å². The highest BCUT2D eigenvalue weighted by molar-refractivity contribution is 7.89. The molecule has 2 fully saturated rings. The summed E-state index contributed by atoms with van der Waals surface area (Å²) in [5, 5.41) is 4.20. The number of likely N-dealkylation sites (tertiary alicyclic amines) is 2. The highest BCUT2D eigenvalue weighted by atomic mass is 35.5. The van der Waals surface area contributed by atoms with Gasteiger partial charge in [-0.1, -0.05) is 62.2 Å². The third-order valence-corrected chi connectivity index (χ3v) is 10.7. The second kappa shape index (κ2) is 11.2. The van der Waals surface area contributed by atoms with Crippen molar-refractivity contribution in [1.82, 2.24) is 19.8 Å². The van der Waals surface area contributed by atoms with Crippen molar-refractivity contribution in [2.45, 2.75) is 50.2 Å². The molecule has 0 radical (unpaired) electrons. The Balaban J connectivity index is 1.22. The van der Waals surface area contributed by atoms with Gasteiger partial charge in [0, 0.05) is 22.8 Å². The summed E-state index contributed by atoms with van der Waals surface area (Å²) < 4.78 is 28.7. The van der Waals surface area contributed by atoms with E-state index in [1.54, 1.807) is 9.80 Å². The lowest BCUT2D eigenvalue weighted by molar-refractivity contribution is -0.142. The Morgan fingerprint density at radius 2 is 1.71 bits per heavy atom. The zero-order chi connectivity index (χ0) is 29.7. The van der Waals surface area contributed by atoms with Gasteiger partial charge in [0.05, 0.1) is 28.5 Å². The summed E-state index contributed by atoms with van der Waals surface area (Å²) in [5.74, 6) is -0.873. The zero-order valence-electron chi connectivity index (χ0n) is 22.7. The number of carbonyl (C=O) groups excluding carboxylic acids is 3. The number of halogens is 2. The van der Waals surface area contributed by atoms with Crippen LogP contribution in [0.15, 0.2) is 53.4 Å². The zero-order valence-corrected chi connectivity index (χ0v) is 25.8.